The first-order valence-electron chi connectivity index (χ1n) is 6.66. The van der Waals surface area contributed by atoms with Crippen molar-refractivity contribution in [2.75, 3.05) is 13.1 Å². The minimum absolute atomic E-state index is 0.0204. The Bertz CT molecular complexity index is 634. The van der Waals surface area contributed by atoms with E-state index >= 15 is 0 Å². The van der Waals surface area contributed by atoms with Gasteiger partial charge in [-0.05, 0) is 30.4 Å². The third kappa shape index (κ3) is 3.17. The summed E-state index contributed by atoms with van der Waals surface area (Å²) in [6, 6.07) is 7.92. The number of thiophene rings is 1. The zero-order chi connectivity index (χ0) is 14.5. The SMILES string of the molecule is CCCNC(=O)CNC(=O)c1sc2ccccc2c1C. The molecule has 2 N–H and O–H groups in total. The molecule has 1 aromatic carbocycles. The molecule has 2 aromatic rings. The van der Waals surface area contributed by atoms with E-state index in [9.17, 15) is 9.59 Å². The molecule has 0 radical (unpaired) electrons. The van der Waals surface area contributed by atoms with Crippen molar-refractivity contribution in [3.8, 4) is 0 Å². The lowest BCUT2D eigenvalue weighted by Gasteiger charge is -2.05. The monoisotopic (exact) mass is 290 g/mol. The molecule has 0 unspecified atom stereocenters. The van der Waals surface area contributed by atoms with E-state index in [1.807, 2.05) is 38.1 Å². The Kier molecular flexibility index (Phi) is 4.74. The van der Waals surface area contributed by atoms with Crippen molar-refractivity contribution >= 4 is 33.2 Å². The number of carbonyl (C=O) groups excluding carboxylic acids is 2. The Morgan fingerprint density at radius 1 is 1.20 bits per heavy atom. The molecule has 20 heavy (non-hydrogen) atoms. The highest BCUT2D eigenvalue weighted by Crippen LogP contribution is 2.30. The summed E-state index contributed by atoms with van der Waals surface area (Å²) in [5.41, 5.74) is 0.970. The normalized spacial score (nSPS) is 10.5. The van der Waals surface area contributed by atoms with Crippen LogP contribution in [-0.2, 0) is 4.79 Å². The third-order valence-corrected chi connectivity index (χ3v) is 4.30. The maximum atomic E-state index is 12.1. The number of aryl methyl sites for hydroxylation is 1. The maximum absolute atomic E-state index is 12.1. The van der Waals surface area contributed by atoms with Gasteiger partial charge in [0.25, 0.3) is 5.91 Å². The molecule has 0 aliphatic carbocycles. The quantitative estimate of drug-likeness (QED) is 0.888. The number of fused-ring (bicyclic) bond motifs is 1. The molecule has 0 saturated heterocycles. The fourth-order valence-electron chi connectivity index (χ4n) is 1.96. The van der Waals surface area contributed by atoms with Gasteiger partial charge in [0.15, 0.2) is 0 Å². The summed E-state index contributed by atoms with van der Waals surface area (Å²) >= 11 is 1.46. The Balaban J connectivity index is 2.04. The van der Waals surface area contributed by atoms with Crippen LogP contribution >= 0.6 is 11.3 Å². The molecule has 0 fully saturated rings. The van der Waals surface area contributed by atoms with Crippen LogP contribution in [0, 0.1) is 6.92 Å². The molecule has 2 amide bonds. The van der Waals surface area contributed by atoms with Crippen molar-refractivity contribution in [1.82, 2.24) is 10.6 Å². The molecule has 0 aliphatic heterocycles. The Labute approximate surface area is 122 Å². The topological polar surface area (TPSA) is 58.2 Å². The molecule has 5 heteroatoms. The summed E-state index contributed by atoms with van der Waals surface area (Å²) < 4.78 is 1.09. The molecule has 0 spiro atoms. The van der Waals surface area contributed by atoms with E-state index in [-0.39, 0.29) is 18.4 Å². The second kappa shape index (κ2) is 6.52. The average molecular weight is 290 g/mol. The summed E-state index contributed by atoms with van der Waals surface area (Å²) in [7, 11) is 0. The van der Waals surface area contributed by atoms with Gasteiger partial charge in [-0.1, -0.05) is 25.1 Å². The van der Waals surface area contributed by atoms with E-state index in [2.05, 4.69) is 10.6 Å². The molecule has 1 heterocycles. The van der Waals surface area contributed by atoms with Crippen molar-refractivity contribution in [3.05, 3.63) is 34.7 Å². The molecule has 106 valence electrons. The van der Waals surface area contributed by atoms with Crippen LogP contribution in [0.3, 0.4) is 0 Å². The van der Waals surface area contributed by atoms with Gasteiger partial charge in [-0.25, -0.2) is 0 Å². The predicted octanol–water partition coefficient (Wildman–Crippen LogP) is 2.47. The van der Waals surface area contributed by atoms with Gasteiger partial charge in [0.1, 0.15) is 0 Å². The van der Waals surface area contributed by atoms with Crippen LogP contribution < -0.4 is 10.6 Å². The smallest absolute Gasteiger partial charge is 0.262 e. The molecular formula is C15H18N2O2S. The third-order valence-electron chi connectivity index (χ3n) is 3.03. The first kappa shape index (κ1) is 14.5. The van der Waals surface area contributed by atoms with Gasteiger partial charge >= 0.3 is 0 Å². The van der Waals surface area contributed by atoms with Gasteiger partial charge in [-0.2, -0.15) is 0 Å². The van der Waals surface area contributed by atoms with E-state index in [1.54, 1.807) is 0 Å². The Morgan fingerprint density at radius 2 is 1.95 bits per heavy atom. The Hall–Kier alpha value is -1.88. The molecule has 0 bridgehead atoms. The zero-order valence-corrected chi connectivity index (χ0v) is 12.5. The fraction of sp³-hybridized carbons (Fsp3) is 0.333. The lowest BCUT2D eigenvalue weighted by Crippen LogP contribution is -2.37. The van der Waals surface area contributed by atoms with Crippen molar-refractivity contribution < 1.29 is 9.59 Å². The highest BCUT2D eigenvalue weighted by atomic mass is 32.1. The van der Waals surface area contributed by atoms with Crippen LogP contribution in [0.2, 0.25) is 0 Å². The average Bonchev–Trinajstić information content (AvgIpc) is 2.80. The molecule has 2 rings (SSSR count). The van der Waals surface area contributed by atoms with Crippen LogP contribution in [0.25, 0.3) is 10.1 Å². The van der Waals surface area contributed by atoms with Crippen molar-refractivity contribution in [2.24, 2.45) is 0 Å². The highest BCUT2D eigenvalue weighted by molar-refractivity contribution is 7.21. The summed E-state index contributed by atoms with van der Waals surface area (Å²) in [6.45, 7) is 4.58. The minimum atomic E-state index is -0.185. The van der Waals surface area contributed by atoms with Gasteiger partial charge < -0.3 is 10.6 Å². The number of hydrogen-bond donors (Lipinski definition) is 2. The van der Waals surface area contributed by atoms with Gasteiger partial charge in [0.05, 0.1) is 11.4 Å². The number of benzene rings is 1. The van der Waals surface area contributed by atoms with Crippen molar-refractivity contribution in [3.63, 3.8) is 0 Å². The molecular weight excluding hydrogens is 272 g/mol. The molecule has 0 aliphatic rings. The van der Waals surface area contributed by atoms with Crippen LogP contribution in [0.5, 0.6) is 0 Å². The highest BCUT2D eigenvalue weighted by Gasteiger charge is 2.15. The standard InChI is InChI=1S/C15H18N2O2S/c1-3-8-16-13(18)9-17-15(19)14-10(2)11-6-4-5-7-12(11)20-14/h4-7H,3,8-9H2,1-2H3,(H,16,18)(H,17,19). The summed E-state index contributed by atoms with van der Waals surface area (Å²) in [6.07, 6.45) is 0.884. The van der Waals surface area contributed by atoms with E-state index in [4.69, 9.17) is 0 Å². The second-order valence-electron chi connectivity index (χ2n) is 4.58. The lowest BCUT2D eigenvalue weighted by atomic mass is 10.1. The minimum Gasteiger partial charge on any atom is -0.355 e. The van der Waals surface area contributed by atoms with Crippen molar-refractivity contribution in [1.29, 1.82) is 0 Å². The summed E-state index contributed by atoms with van der Waals surface area (Å²) in [4.78, 5) is 24.3. The van der Waals surface area contributed by atoms with Crippen LogP contribution in [-0.4, -0.2) is 24.9 Å². The first-order chi connectivity index (χ1) is 9.63. The van der Waals surface area contributed by atoms with Gasteiger partial charge in [-0.3, -0.25) is 9.59 Å². The predicted molar refractivity (Wildman–Crippen MR) is 82.2 cm³/mol. The number of nitrogens with one attached hydrogen (secondary N) is 2. The van der Waals surface area contributed by atoms with E-state index in [1.165, 1.54) is 11.3 Å². The number of rotatable bonds is 5. The number of amides is 2. The summed E-state index contributed by atoms with van der Waals surface area (Å²) in [5.74, 6) is -0.339. The van der Waals surface area contributed by atoms with E-state index in [0.717, 1.165) is 22.1 Å². The van der Waals surface area contributed by atoms with Gasteiger partial charge in [0, 0.05) is 11.2 Å². The first-order valence-corrected chi connectivity index (χ1v) is 7.48. The van der Waals surface area contributed by atoms with Crippen molar-refractivity contribution in [2.45, 2.75) is 20.3 Å². The Morgan fingerprint density at radius 3 is 2.65 bits per heavy atom. The summed E-state index contributed by atoms with van der Waals surface area (Å²) in [5, 5.41) is 6.49. The number of carbonyl (C=O) groups is 2. The number of hydrogen-bond acceptors (Lipinski definition) is 3. The molecule has 0 saturated carbocycles. The van der Waals surface area contributed by atoms with Gasteiger partial charge in [-0.15, -0.1) is 11.3 Å². The maximum Gasteiger partial charge on any atom is 0.262 e. The van der Waals surface area contributed by atoms with Crippen LogP contribution in [0.15, 0.2) is 24.3 Å². The molecule has 1 aromatic heterocycles. The van der Waals surface area contributed by atoms with E-state index in [0.29, 0.717) is 11.4 Å². The molecule has 4 nitrogen and oxygen atoms in total. The largest absolute Gasteiger partial charge is 0.355 e. The fourth-order valence-corrected chi connectivity index (χ4v) is 3.08. The van der Waals surface area contributed by atoms with Gasteiger partial charge in [0.2, 0.25) is 5.91 Å². The van der Waals surface area contributed by atoms with E-state index < -0.39 is 0 Å². The van der Waals surface area contributed by atoms with Crippen LogP contribution in [0.4, 0.5) is 0 Å². The second-order valence-corrected chi connectivity index (χ2v) is 5.64. The van der Waals surface area contributed by atoms with Crippen LogP contribution in [0.1, 0.15) is 28.6 Å². The zero-order valence-electron chi connectivity index (χ0n) is 11.7. The molecule has 0 atom stereocenters. The lowest BCUT2D eigenvalue weighted by molar-refractivity contribution is -0.120.